The highest BCUT2D eigenvalue weighted by molar-refractivity contribution is 5.96. The van der Waals surface area contributed by atoms with Gasteiger partial charge < -0.3 is 9.47 Å². The van der Waals surface area contributed by atoms with Gasteiger partial charge in [-0.05, 0) is 42.5 Å². The third kappa shape index (κ3) is 4.00. The van der Waals surface area contributed by atoms with Crippen LogP contribution in [0.3, 0.4) is 0 Å². The number of ether oxygens (including phenoxy) is 2. The lowest BCUT2D eigenvalue weighted by Crippen LogP contribution is -2.01. The van der Waals surface area contributed by atoms with Crippen LogP contribution in [0.25, 0.3) is 10.8 Å². The zero-order valence-electron chi connectivity index (χ0n) is 13.4. The molecule has 22 heavy (non-hydrogen) atoms. The van der Waals surface area contributed by atoms with Crippen LogP contribution < -0.4 is 9.47 Å². The fourth-order valence-corrected chi connectivity index (χ4v) is 2.29. The van der Waals surface area contributed by atoms with Gasteiger partial charge >= 0.3 is 0 Å². The lowest BCUT2D eigenvalue weighted by molar-refractivity contribution is 0.112. The Hall–Kier alpha value is -2.03. The van der Waals surface area contributed by atoms with Gasteiger partial charge in [0.05, 0.1) is 18.8 Å². The second kappa shape index (κ2) is 8.42. The normalized spacial score (nSPS) is 10.6. The molecule has 0 spiro atoms. The first-order valence-corrected chi connectivity index (χ1v) is 8.07. The highest BCUT2D eigenvalue weighted by Crippen LogP contribution is 2.32. The highest BCUT2D eigenvalue weighted by atomic mass is 16.5. The maximum Gasteiger partial charge on any atom is 0.153 e. The van der Waals surface area contributed by atoms with Crippen LogP contribution in [0.1, 0.15) is 49.9 Å². The topological polar surface area (TPSA) is 35.5 Å². The summed E-state index contributed by atoms with van der Waals surface area (Å²) in [6, 6.07) is 9.68. The van der Waals surface area contributed by atoms with Crippen LogP contribution in [0.2, 0.25) is 0 Å². The molecule has 0 amide bonds. The van der Waals surface area contributed by atoms with E-state index in [1.165, 1.54) is 0 Å². The molecule has 2 aromatic carbocycles. The van der Waals surface area contributed by atoms with Gasteiger partial charge in [-0.3, -0.25) is 4.79 Å². The van der Waals surface area contributed by atoms with E-state index in [1.54, 1.807) is 0 Å². The van der Waals surface area contributed by atoms with Gasteiger partial charge in [0.2, 0.25) is 0 Å². The van der Waals surface area contributed by atoms with Crippen molar-refractivity contribution in [3.63, 3.8) is 0 Å². The minimum atomic E-state index is 0.600. The third-order valence-electron chi connectivity index (χ3n) is 3.61. The Bertz CT molecular complexity index is 619. The van der Waals surface area contributed by atoms with E-state index in [4.69, 9.17) is 9.47 Å². The molecule has 0 heterocycles. The molecule has 0 bridgehead atoms. The molecule has 0 radical (unpaired) electrons. The van der Waals surface area contributed by atoms with E-state index in [2.05, 4.69) is 13.8 Å². The van der Waals surface area contributed by atoms with Gasteiger partial charge in [0, 0.05) is 5.39 Å². The van der Waals surface area contributed by atoms with Gasteiger partial charge in [0.15, 0.2) is 6.29 Å². The number of carbonyl (C=O) groups is 1. The highest BCUT2D eigenvalue weighted by Gasteiger charge is 2.09. The monoisotopic (exact) mass is 300 g/mol. The molecule has 3 nitrogen and oxygen atoms in total. The van der Waals surface area contributed by atoms with Crippen molar-refractivity contribution in [2.75, 3.05) is 13.2 Å². The minimum Gasteiger partial charge on any atom is -0.494 e. The van der Waals surface area contributed by atoms with E-state index in [9.17, 15) is 4.79 Å². The summed E-state index contributed by atoms with van der Waals surface area (Å²) in [4.78, 5) is 11.2. The summed E-state index contributed by atoms with van der Waals surface area (Å²) in [5.74, 6) is 1.54. The first-order valence-electron chi connectivity index (χ1n) is 8.07. The van der Waals surface area contributed by atoms with Gasteiger partial charge in [0.1, 0.15) is 11.5 Å². The van der Waals surface area contributed by atoms with Crippen LogP contribution in [0, 0.1) is 0 Å². The number of hydrogen-bond donors (Lipinski definition) is 0. The lowest BCUT2D eigenvalue weighted by atomic mass is 10.1. The third-order valence-corrected chi connectivity index (χ3v) is 3.61. The predicted molar refractivity (Wildman–Crippen MR) is 90.1 cm³/mol. The largest absolute Gasteiger partial charge is 0.494 e. The second-order valence-corrected chi connectivity index (χ2v) is 5.39. The maximum atomic E-state index is 11.2. The molecule has 0 N–H and O–H groups in total. The maximum absolute atomic E-state index is 11.2. The molecule has 0 aliphatic rings. The van der Waals surface area contributed by atoms with Crippen LogP contribution >= 0.6 is 0 Å². The molecule has 0 saturated heterocycles. The number of rotatable bonds is 9. The molecule has 2 aromatic rings. The molecule has 0 fully saturated rings. The second-order valence-electron chi connectivity index (χ2n) is 5.39. The number of unbranched alkanes of at least 4 members (excludes halogenated alkanes) is 2. The van der Waals surface area contributed by atoms with Gasteiger partial charge in [-0.25, -0.2) is 0 Å². The molecule has 0 atom stereocenters. The standard InChI is InChI=1S/C19H24O3/c1-3-5-11-21-17-9-10-18-15(13-17)7-8-16(14-20)19(18)22-12-6-4-2/h7-10,13-14H,3-6,11-12H2,1-2H3. The smallest absolute Gasteiger partial charge is 0.153 e. The number of aldehydes is 1. The van der Waals surface area contributed by atoms with E-state index in [1.807, 2.05) is 30.3 Å². The van der Waals surface area contributed by atoms with Gasteiger partial charge in [0.25, 0.3) is 0 Å². The number of hydrogen-bond acceptors (Lipinski definition) is 3. The van der Waals surface area contributed by atoms with E-state index < -0.39 is 0 Å². The molecule has 0 aliphatic carbocycles. The average molecular weight is 300 g/mol. The summed E-state index contributed by atoms with van der Waals surface area (Å²) in [5, 5.41) is 2.00. The first kappa shape index (κ1) is 16.3. The lowest BCUT2D eigenvalue weighted by Gasteiger charge is -2.13. The summed E-state index contributed by atoms with van der Waals surface area (Å²) in [5.41, 5.74) is 0.600. The van der Waals surface area contributed by atoms with Crippen LogP contribution in [-0.2, 0) is 0 Å². The Balaban J connectivity index is 2.28. The van der Waals surface area contributed by atoms with E-state index in [-0.39, 0.29) is 0 Å². The van der Waals surface area contributed by atoms with Crippen molar-refractivity contribution in [1.29, 1.82) is 0 Å². The summed E-state index contributed by atoms with van der Waals surface area (Å²) in [7, 11) is 0. The van der Waals surface area contributed by atoms with Crippen LogP contribution in [-0.4, -0.2) is 19.5 Å². The molecular weight excluding hydrogens is 276 g/mol. The molecule has 3 heteroatoms. The fraction of sp³-hybridized carbons (Fsp3) is 0.421. The van der Waals surface area contributed by atoms with Crippen molar-refractivity contribution >= 4 is 17.1 Å². The van der Waals surface area contributed by atoms with Gasteiger partial charge in [-0.2, -0.15) is 0 Å². The van der Waals surface area contributed by atoms with Crippen molar-refractivity contribution < 1.29 is 14.3 Å². The molecule has 0 aromatic heterocycles. The van der Waals surface area contributed by atoms with E-state index in [0.717, 1.165) is 55.1 Å². The van der Waals surface area contributed by atoms with E-state index in [0.29, 0.717) is 17.9 Å². The minimum absolute atomic E-state index is 0.600. The van der Waals surface area contributed by atoms with Crippen molar-refractivity contribution in [2.24, 2.45) is 0 Å². The summed E-state index contributed by atoms with van der Waals surface area (Å²) < 4.78 is 11.6. The molecule has 0 aliphatic heterocycles. The Morgan fingerprint density at radius 2 is 1.68 bits per heavy atom. The van der Waals surface area contributed by atoms with Crippen molar-refractivity contribution in [3.8, 4) is 11.5 Å². The molecule has 118 valence electrons. The molecule has 0 saturated carbocycles. The Morgan fingerprint density at radius 3 is 2.36 bits per heavy atom. The first-order chi connectivity index (χ1) is 10.8. The molecule has 0 unspecified atom stereocenters. The van der Waals surface area contributed by atoms with Crippen LogP contribution in [0.15, 0.2) is 30.3 Å². The predicted octanol–water partition coefficient (Wildman–Crippen LogP) is 5.01. The number of carbonyl (C=O) groups excluding carboxylic acids is 1. The van der Waals surface area contributed by atoms with Gasteiger partial charge in [-0.1, -0.05) is 32.8 Å². The Morgan fingerprint density at radius 1 is 0.955 bits per heavy atom. The van der Waals surface area contributed by atoms with Crippen LogP contribution in [0.4, 0.5) is 0 Å². The number of fused-ring (bicyclic) bond motifs is 1. The van der Waals surface area contributed by atoms with Crippen LogP contribution in [0.5, 0.6) is 11.5 Å². The Kier molecular flexibility index (Phi) is 6.26. The zero-order valence-corrected chi connectivity index (χ0v) is 13.4. The number of benzene rings is 2. The summed E-state index contributed by atoms with van der Waals surface area (Å²) >= 11 is 0. The van der Waals surface area contributed by atoms with Crippen molar-refractivity contribution in [3.05, 3.63) is 35.9 Å². The van der Waals surface area contributed by atoms with E-state index >= 15 is 0 Å². The SMILES string of the molecule is CCCCOc1ccc2c(OCCCC)c(C=O)ccc2c1. The molecular formula is C19H24O3. The Labute approximate surface area is 132 Å². The quantitative estimate of drug-likeness (QED) is 0.482. The summed E-state index contributed by atoms with van der Waals surface area (Å²) in [6.07, 6.45) is 5.06. The zero-order chi connectivity index (χ0) is 15.8. The molecule has 2 rings (SSSR count). The summed E-state index contributed by atoms with van der Waals surface area (Å²) in [6.45, 7) is 5.62. The van der Waals surface area contributed by atoms with Gasteiger partial charge in [-0.15, -0.1) is 0 Å². The average Bonchev–Trinajstić information content (AvgIpc) is 2.55. The fourth-order valence-electron chi connectivity index (χ4n) is 2.29. The van der Waals surface area contributed by atoms with Crippen molar-refractivity contribution in [1.82, 2.24) is 0 Å². The van der Waals surface area contributed by atoms with Crippen molar-refractivity contribution in [2.45, 2.75) is 39.5 Å².